The Hall–Kier alpha value is -6.20. The zero-order chi connectivity index (χ0) is 50.7. The molecule has 11 heterocycles. The van der Waals surface area contributed by atoms with Crippen molar-refractivity contribution < 1.29 is 61.5 Å². The van der Waals surface area contributed by atoms with Crippen LogP contribution in [0.4, 0.5) is 61.5 Å². The van der Waals surface area contributed by atoms with E-state index in [1.165, 1.54) is 34.0 Å². The molecule has 0 fully saturated rings. The van der Waals surface area contributed by atoms with Crippen LogP contribution in [-0.4, -0.2) is 31.5 Å². The van der Waals surface area contributed by atoms with Crippen molar-refractivity contribution in [2.24, 2.45) is 14.1 Å². The second kappa shape index (κ2) is 16.2. The Labute approximate surface area is 412 Å². The summed E-state index contributed by atoms with van der Waals surface area (Å²) in [5, 5.41) is 19.4. The number of aryl methyl sites for hydroxylation is 2. The third kappa shape index (κ3) is 7.06. The van der Waals surface area contributed by atoms with Gasteiger partial charge in [0.15, 0.2) is 23.3 Å². The van der Waals surface area contributed by atoms with Gasteiger partial charge >= 0.3 is 12.4 Å². The second-order valence-electron chi connectivity index (χ2n) is 15.2. The first kappa shape index (κ1) is 47.1. The fourth-order valence-corrected chi connectivity index (χ4v) is 17.4. The van der Waals surface area contributed by atoms with E-state index in [1.54, 1.807) is 12.1 Å². The maximum atomic E-state index is 14.6. The van der Waals surface area contributed by atoms with Crippen LogP contribution in [-0.2, 0) is 14.1 Å². The topological polar surface area (TPSA) is 83.2 Å². The van der Waals surface area contributed by atoms with E-state index in [0.717, 1.165) is 97.6 Å². The number of nitriles is 2. The molecule has 27 heteroatoms. The Balaban J connectivity index is 0.946. The summed E-state index contributed by atoms with van der Waals surface area (Å²) in [6.45, 7) is 0. The van der Waals surface area contributed by atoms with E-state index in [4.69, 9.17) is 0 Å². The van der Waals surface area contributed by atoms with E-state index in [0.29, 0.717) is 51.2 Å². The Morgan fingerprint density at radius 3 is 1.08 bits per heavy atom. The molecule has 0 aliphatic rings. The normalized spacial score (nSPS) is 13.5. The van der Waals surface area contributed by atoms with Gasteiger partial charge in [-0.25, -0.2) is 17.6 Å². The van der Waals surface area contributed by atoms with Crippen molar-refractivity contribution in [1.29, 1.82) is 10.5 Å². The molecule has 0 saturated carbocycles. The van der Waals surface area contributed by atoms with Crippen LogP contribution >= 0.6 is 79.4 Å². The Morgan fingerprint density at radius 2 is 0.775 bits per heavy atom. The molecular weight excluding hydrogens is 1100 g/mol. The quantitative estimate of drug-likeness (QED) is 0.0943. The summed E-state index contributed by atoms with van der Waals surface area (Å²) in [7, 11) is 3.77. The summed E-state index contributed by atoms with van der Waals surface area (Å²) in [4.78, 5) is 6.37. The van der Waals surface area contributed by atoms with Crippen LogP contribution in [0.25, 0.3) is 101 Å². The summed E-state index contributed by atoms with van der Waals surface area (Å²) >= 11 is 7.77. The minimum Gasteiger partial charge on any atom is -0.340 e. The predicted molar refractivity (Wildman–Crippen MR) is 251 cm³/mol. The van der Waals surface area contributed by atoms with E-state index < -0.39 is 103 Å². The van der Waals surface area contributed by atoms with Gasteiger partial charge in [-0.2, -0.15) is 64.4 Å². The van der Waals surface area contributed by atoms with Gasteiger partial charge < -0.3 is 9.13 Å². The molecule has 11 aromatic heterocycles. The molecule has 0 radical (unpaired) electrons. The molecule has 358 valence electrons. The fraction of sp³-hybridized carbons (Fsp3) is 0.0909. The minimum atomic E-state index is -5.39. The summed E-state index contributed by atoms with van der Waals surface area (Å²) in [6, 6.07) is 11.5. The van der Waals surface area contributed by atoms with Crippen LogP contribution in [0.1, 0.15) is 20.9 Å². The van der Waals surface area contributed by atoms with Crippen LogP contribution < -0.4 is 0 Å². The Morgan fingerprint density at radius 1 is 0.451 bits per heavy atom. The van der Waals surface area contributed by atoms with Crippen LogP contribution in [0.5, 0.6) is 0 Å². The van der Waals surface area contributed by atoms with Crippen molar-refractivity contribution in [3.63, 3.8) is 0 Å². The predicted octanol–water partition coefficient (Wildman–Crippen LogP) is 16.9. The number of rotatable bonds is 6. The molecule has 11 aromatic rings. The van der Waals surface area contributed by atoms with Gasteiger partial charge in [0.25, 0.3) is 23.8 Å². The van der Waals surface area contributed by atoms with Gasteiger partial charge in [-0.05, 0) is 36.4 Å². The smallest absolute Gasteiger partial charge is 0.340 e. The molecule has 0 aliphatic heterocycles. The standard InChI is InChI=1S/C44H12F14N6S7/c1-63-13-3-15(17-5-19-21(65-17)7-23(67-19)27(43(53,54)55)11(9-59)25-29(45)39(49)61-40(50)30(25)46)69-35(13)37-33(63)34-38(71-37)36-14(64(34)2)4-16(70-36)18-6-20-22(66-18)8-24(68-20)28(44(56,57)58)12(10-60)26-31(47)41(51)62-42(52)32(26)48/h3-8H,1-2H3/b27-11-,28-12-. The van der Waals surface area contributed by atoms with E-state index in [9.17, 15) is 72.0 Å². The molecule has 0 bridgehead atoms. The first-order valence-corrected chi connectivity index (χ1v) is 25.1. The van der Waals surface area contributed by atoms with Crippen LogP contribution in [0, 0.1) is 69.7 Å². The number of allylic oxidation sites excluding steroid dienone is 4. The minimum absolute atomic E-state index is 0.333. The van der Waals surface area contributed by atoms with E-state index >= 15 is 0 Å². The number of nitrogens with zero attached hydrogens (tertiary/aromatic N) is 6. The second-order valence-corrected chi connectivity index (χ2v) is 22.7. The lowest BCUT2D eigenvalue weighted by Gasteiger charge is -2.14. The summed E-state index contributed by atoms with van der Waals surface area (Å²) in [5.74, 6) is -17.9. The first-order chi connectivity index (χ1) is 33.5. The largest absolute Gasteiger partial charge is 0.419 e. The third-order valence-electron chi connectivity index (χ3n) is 11.3. The van der Waals surface area contributed by atoms with Crippen LogP contribution in [0.3, 0.4) is 0 Å². The SMILES string of the molecule is Cn1c2cc(-c3cc4sc(/C(=C(\C#N)c5c(F)c(F)nc(F)c5F)C(F)(F)F)cc4s3)sc2c2sc3c4sc(-c5cc6sc(/C(=C(\C#N)c7c(F)c(F)nc(F)c7F)C(F)(F)F)cc6s5)cc4n(C)c3c21. The molecule has 11 rings (SSSR count). The highest BCUT2D eigenvalue weighted by Crippen LogP contribution is 2.54. The molecule has 0 spiro atoms. The Kier molecular flexibility index (Phi) is 10.7. The lowest BCUT2D eigenvalue weighted by molar-refractivity contribution is -0.0691. The Bertz CT molecular complexity index is 3930. The molecular formula is C44H12F14N6S7. The highest BCUT2D eigenvalue weighted by molar-refractivity contribution is 7.37. The highest BCUT2D eigenvalue weighted by atomic mass is 32.1. The number of fused-ring (bicyclic) bond motifs is 9. The summed E-state index contributed by atoms with van der Waals surface area (Å²) in [5.41, 5.74) is -6.99. The molecule has 0 N–H and O–H groups in total. The highest BCUT2D eigenvalue weighted by Gasteiger charge is 2.43. The summed E-state index contributed by atoms with van der Waals surface area (Å²) < 4.78 is 211. The van der Waals surface area contributed by atoms with E-state index in [2.05, 4.69) is 9.97 Å². The molecule has 71 heavy (non-hydrogen) atoms. The number of thiophene rings is 7. The van der Waals surface area contributed by atoms with Gasteiger partial charge in [0.1, 0.15) is 12.1 Å². The lowest BCUT2D eigenvalue weighted by atomic mass is 9.99. The number of hydrogen-bond acceptors (Lipinski definition) is 11. The molecule has 0 saturated heterocycles. The lowest BCUT2D eigenvalue weighted by Crippen LogP contribution is -2.14. The first-order valence-electron chi connectivity index (χ1n) is 19.3. The molecule has 0 unspecified atom stereocenters. The van der Waals surface area contributed by atoms with E-state index in [-0.39, 0.29) is 0 Å². The van der Waals surface area contributed by atoms with Gasteiger partial charge in [-0.1, -0.05) is 0 Å². The number of halogens is 14. The van der Waals surface area contributed by atoms with Crippen LogP contribution in [0.15, 0.2) is 36.4 Å². The number of pyridine rings is 2. The summed E-state index contributed by atoms with van der Waals surface area (Å²) in [6.07, 6.45) is -10.8. The molecule has 0 atom stereocenters. The van der Waals surface area contributed by atoms with Gasteiger partial charge in [0.2, 0.25) is 0 Å². The molecule has 0 amide bonds. The van der Waals surface area contributed by atoms with Crippen molar-refractivity contribution in [1.82, 2.24) is 19.1 Å². The maximum Gasteiger partial charge on any atom is 0.419 e. The average Bonchev–Trinajstić information content (AvgIpc) is 4.15. The molecule has 6 nitrogen and oxygen atoms in total. The monoisotopic (exact) mass is 1110 g/mol. The van der Waals surface area contributed by atoms with Crippen molar-refractivity contribution in [2.45, 2.75) is 12.4 Å². The van der Waals surface area contributed by atoms with Crippen molar-refractivity contribution in [3.8, 4) is 31.6 Å². The van der Waals surface area contributed by atoms with Gasteiger partial charge in [-0.15, -0.1) is 79.4 Å². The number of hydrogen-bond donors (Lipinski definition) is 0. The van der Waals surface area contributed by atoms with Gasteiger partial charge in [0.05, 0.1) is 74.3 Å². The maximum absolute atomic E-state index is 14.6. The van der Waals surface area contributed by atoms with Crippen LogP contribution in [0.2, 0.25) is 0 Å². The number of alkyl halides is 6. The fourth-order valence-electron chi connectivity index (χ4n) is 8.27. The zero-order valence-corrected chi connectivity index (χ0v) is 40.0. The van der Waals surface area contributed by atoms with Crippen molar-refractivity contribution >= 4 is 161 Å². The average molecular weight is 1120 g/mol. The van der Waals surface area contributed by atoms with Crippen molar-refractivity contribution in [3.05, 3.63) is 104 Å². The molecule has 0 aliphatic carbocycles. The number of aromatic nitrogens is 4. The molecule has 0 aromatic carbocycles. The third-order valence-corrected chi connectivity index (χ3v) is 20.0. The van der Waals surface area contributed by atoms with E-state index in [1.807, 2.05) is 35.4 Å². The van der Waals surface area contributed by atoms with Crippen molar-refractivity contribution in [2.75, 3.05) is 0 Å². The van der Waals surface area contributed by atoms with Gasteiger partial charge in [0, 0.05) is 62.2 Å². The zero-order valence-electron chi connectivity index (χ0n) is 34.3. The van der Waals surface area contributed by atoms with Gasteiger partial charge in [-0.3, -0.25) is 0 Å².